The molecule has 0 spiro atoms. The SMILES string of the molecule is C/C(=C\I)C/C(C)=C/CCO[Si](c1ccccc1)(c1ccccc1)C(C)(C)C. The number of hydrogen-bond donors (Lipinski definition) is 0. The van der Waals surface area contributed by atoms with Crippen molar-refractivity contribution in [3.05, 3.63) is 82.0 Å². The van der Waals surface area contributed by atoms with Crippen LogP contribution < -0.4 is 10.4 Å². The summed E-state index contributed by atoms with van der Waals surface area (Å²) in [4.78, 5) is 0. The summed E-state index contributed by atoms with van der Waals surface area (Å²) in [6.45, 7) is 12.1. The van der Waals surface area contributed by atoms with E-state index in [0.717, 1.165) is 19.4 Å². The smallest absolute Gasteiger partial charge is 0.261 e. The first-order chi connectivity index (χ1) is 13.3. The van der Waals surface area contributed by atoms with Crippen LogP contribution in [0.5, 0.6) is 0 Å². The topological polar surface area (TPSA) is 9.23 Å². The Morgan fingerprint density at radius 2 is 1.39 bits per heavy atom. The minimum absolute atomic E-state index is 0.0367. The molecule has 0 fully saturated rings. The molecule has 0 atom stereocenters. The molecule has 3 heteroatoms. The Kier molecular flexibility index (Phi) is 8.72. The van der Waals surface area contributed by atoms with E-state index in [9.17, 15) is 0 Å². The first-order valence-corrected chi connectivity index (χ1v) is 13.1. The van der Waals surface area contributed by atoms with Crippen molar-refractivity contribution in [1.82, 2.24) is 0 Å². The van der Waals surface area contributed by atoms with E-state index < -0.39 is 8.32 Å². The van der Waals surface area contributed by atoms with Gasteiger partial charge in [0.1, 0.15) is 0 Å². The Morgan fingerprint density at radius 3 is 1.82 bits per heavy atom. The molecule has 150 valence electrons. The maximum atomic E-state index is 6.93. The van der Waals surface area contributed by atoms with Gasteiger partial charge < -0.3 is 4.43 Å². The third-order valence-corrected chi connectivity index (χ3v) is 11.2. The van der Waals surface area contributed by atoms with Crippen LogP contribution in [-0.4, -0.2) is 14.9 Å². The molecule has 0 aromatic heterocycles. The molecule has 2 aromatic rings. The van der Waals surface area contributed by atoms with Crippen molar-refractivity contribution in [2.75, 3.05) is 6.61 Å². The normalized spacial score (nSPS) is 13.6. The highest BCUT2D eigenvalue weighted by Gasteiger charge is 2.49. The minimum atomic E-state index is -2.40. The molecule has 0 aliphatic heterocycles. The van der Waals surface area contributed by atoms with Crippen molar-refractivity contribution in [3.8, 4) is 0 Å². The van der Waals surface area contributed by atoms with Crippen LogP contribution in [0.2, 0.25) is 5.04 Å². The van der Waals surface area contributed by atoms with Gasteiger partial charge in [0.25, 0.3) is 8.32 Å². The van der Waals surface area contributed by atoms with Gasteiger partial charge in [-0.25, -0.2) is 0 Å². The third kappa shape index (κ3) is 5.68. The molecule has 0 aliphatic carbocycles. The Labute approximate surface area is 186 Å². The standard InChI is InChI=1S/C25H33IOSi/c1-21(19-22(2)20-26)13-12-18-27-28(25(3,4)5,23-14-8-6-9-15-23)24-16-10-7-11-17-24/h6-11,13-17,20H,12,18-19H2,1-5H3/b21-13+,22-20+. The lowest BCUT2D eigenvalue weighted by Gasteiger charge is -2.43. The van der Waals surface area contributed by atoms with E-state index in [2.05, 4.69) is 128 Å². The molecule has 28 heavy (non-hydrogen) atoms. The van der Waals surface area contributed by atoms with Crippen molar-refractivity contribution in [2.45, 2.75) is 52.5 Å². The van der Waals surface area contributed by atoms with Crippen LogP contribution in [0.4, 0.5) is 0 Å². The zero-order valence-electron chi connectivity index (χ0n) is 17.8. The Balaban J connectivity index is 2.33. The summed E-state index contributed by atoms with van der Waals surface area (Å²) in [7, 11) is -2.40. The van der Waals surface area contributed by atoms with Crippen molar-refractivity contribution in [2.24, 2.45) is 0 Å². The van der Waals surface area contributed by atoms with Crippen molar-refractivity contribution in [1.29, 1.82) is 0 Å². The van der Waals surface area contributed by atoms with Gasteiger partial charge in [0, 0.05) is 6.61 Å². The van der Waals surface area contributed by atoms with E-state index >= 15 is 0 Å². The van der Waals surface area contributed by atoms with Gasteiger partial charge in [0.2, 0.25) is 0 Å². The lowest BCUT2D eigenvalue weighted by Crippen LogP contribution is -2.66. The third-order valence-electron chi connectivity index (χ3n) is 5.09. The van der Waals surface area contributed by atoms with Gasteiger partial charge in [-0.2, -0.15) is 0 Å². The Morgan fingerprint density at radius 1 is 0.893 bits per heavy atom. The van der Waals surface area contributed by atoms with Crippen molar-refractivity contribution in [3.63, 3.8) is 0 Å². The average Bonchev–Trinajstić information content (AvgIpc) is 2.68. The summed E-state index contributed by atoms with van der Waals surface area (Å²) < 4.78 is 9.09. The molecular weight excluding hydrogens is 471 g/mol. The molecule has 2 rings (SSSR count). The van der Waals surface area contributed by atoms with E-state index in [4.69, 9.17) is 4.43 Å². The highest BCUT2D eigenvalue weighted by molar-refractivity contribution is 14.1. The fraction of sp³-hybridized carbons (Fsp3) is 0.360. The highest BCUT2D eigenvalue weighted by atomic mass is 127. The predicted molar refractivity (Wildman–Crippen MR) is 134 cm³/mol. The molecule has 1 nitrogen and oxygen atoms in total. The van der Waals surface area contributed by atoms with Gasteiger partial charge >= 0.3 is 0 Å². The van der Waals surface area contributed by atoms with E-state index in [0.29, 0.717) is 0 Å². The van der Waals surface area contributed by atoms with Crippen LogP contribution in [0.15, 0.2) is 82.0 Å². The van der Waals surface area contributed by atoms with Crippen LogP contribution >= 0.6 is 22.6 Å². The molecule has 0 heterocycles. The fourth-order valence-electron chi connectivity index (χ4n) is 3.83. The minimum Gasteiger partial charge on any atom is -0.407 e. The molecule has 0 saturated heterocycles. The molecule has 0 saturated carbocycles. The lowest BCUT2D eigenvalue weighted by atomic mass is 10.1. The quantitative estimate of drug-likeness (QED) is 0.170. The number of rotatable bonds is 8. The zero-order valence-corrected chi connectivity index (χ0v) is 21.0. The summed E-state index contributed by atoms with van der Waals surface area (Å²) in [5.74, 6) is 0. The van der Waals surface area contributed by atoms with Crippen molar-refractivity contribution >= 4 is 41.3 Å². The summed E-state index contributed by atoms with van der Waals surface area (Å²) in [5.41, 5.74) is 2.82. The summed E-state index contributed by atoms with van der Waals surface area (Å²) in [6.07, 6.45) is 4.33. The van der Waals surface area contributed by atoms with Gasteiger partial charge in [0.15, 0.2) is 0 Å². The van der Waals surface area contributed by atoms with E-state index in [1.807, 2.05) is 0 Å². The monoisotopic (exact) mass is 504 g/mol. The number of hydrogen-bond acceptors (Lipinski definition) is 1. The summed E-state index contributed by atoms with van der Waals surface area (Å²) >= 11 is 2.32. The molecular formula is C25H33IOSi. The van der Waals surface area contributed by atoms with Crippen LogP contribution in [0.1, 0.15) is 47.5 Å². The second kappa shape index (κ2) is 10.6. The average molecular weight is 505 g/mol. The molecule has 2 aromatic carbocycles. The molecule has 0 N–H and O–H groups in total. The maximum Gasteiger partial charge on any atom is 0.261 e. The lowest BCUT2D eigenvalue weighted by molar-refractivity contribution is 0.304. The Bertz CT molecular complexity index is 749. The second-order valence-electron chi connectivity index (χ2n) is 8.48. The summed E-state index contributed by atoms with van der Waals surface area (Å²) in [6, 6.07) is 21.7. The van der Waals surface area contributed by atoms with Gasteiger partial charge in [-0.1, -0.05) is 121 Å². The van der Waals surface area contributed by atoms with Gasteiger partial charge in [-0.15, -0.1) is 0 Å². The van der Waals surface area contributed by atoms with E-state index in [-0.39, 0.29) is 5.04 Å². The van der Waals surface area contributed by atoms with Gasteiger partial charge in [0.05, 0.1) is 0 Å². The fourth-order valence-corrected chi connectivity index (χ4v) is 8.63. The largest absolute Gasteiger partial charge is 0.407 e. The molecule has 0 unspecified atom stereocenters. The van der Waals surface area contributed by atoms with E-state index in [1.54, 1.807) is 0 Å². The van der Waals surface area contributed by atoms with Crippen LogP contribution in [0.3, 0.4) is 0 Å². The zero-order chi connectivity index (χ0) is 20.6. The second-order valence-corrected chi connectivity index (χ2v) is 13.4. The van der Waals surface area contributed by atoms with E-state index in [1.165, 1.54) is 21.5 Å². The first-order valence-electron chi connectivity index (χ1n) is 9.98. The number of benzene rings is 2. The van der Waals surface area contributed by atoms with Crippen LogP contribution in [0.25, 0.3) is 0 Å². The number of allylic oxidation sites excluding steroid dienone is 2. The number of halogens is 1. The van der Waals surface area contributed by atoms with Gasteiger partial charge in [-0.05, 0) is 46.2 Å². The van der Waals surface area contributed by atoms with Crippen LogP contribution in [0, 0.1) is 0 Å². The highest BCUT2D eigenvalue weighted by Crippen LogP contribution is 2.36. The Hall–Kier alpha value is -1.17. The predicted octanol–water partition coefficient (Wildman–Crippen LogP) is 6.63. The maximum absolute atomic E-state index is 6.93. The molecule has 0 amide bonds. The van der Waals surface area contributed by atoms with Gasteiger partial charge in [-0.3, -0.25) is 0 Å². The van der Waals surface area contributed by atoms with Crippen molar-refractivity contribution < 1.29 is 4.43 Å². The molecule has 0 bridgehead atoms. The molecule has 0 aliphatic rings. The van der Waals surface area contributed by atoms with Crippen LogP contribution in [-0.2, 0) is 4.43 Å². The first kappa shape index (κ1) is 23.1. The molecule has 0 radical (unpaired) electrons. The summed E-state index contributed by atoms with van der Waals surface area (Å²) in [5, 5.41) is 2.73.